The number of benzene rings is 1. The highest BCUT2D eigenvalue weighted by Crippen LogP contribution is 2.47. The van der Waals surface area contributed by atoms with Crippen molar-refractivity contribution in [3.63, 3.8) is 0 Å². The number of alkyl halides is 3. The fraction of sp³-hybridized carbons (Fsp3) is 0.556. The first kappa shape index (κ1) is 18.7. The largest absolute Gasteiger partial charge is 0.397 e. The van der Waals surface area contributed by atoms with Gasteiger partial charge >= 0.3 is 6.18 Å². The molecule has 0 unspecified atom stereocenters. The molecule has 0 bridgehead atoms. The van der Waals surface area contributed by atoms with Gasteiger partial charge in [-0.3, -0.25) is 9.59 Å². The zero-order chi connectivity index (χ0) is 18.9. The molecular formula is C18H21F3N2O3. The van der Waals surface area contributed by atoms with Crippen LogP contribution in [0.5, 0.6) is 0 Å². The Kier molecular flexibility index (Phi) is 4.96. The number of para-hydroxylation sites is 1. The SMILES string of the molecule is COCCN1C(=O)C2(CCN(C(=O)CC(F)(F)F)CC2)c2ccccc21. The van der Waals surface area contributed by atoms with Crippen molar-refractivity contribution in [2.45, 2.75) is 30.9 Å². The van der Waals surface area contributed by atoms with Crippen LogP contribution in [0.2, 0.25) is 0 Å². The molecule has 2 amide bonds. The molecule has 1 fully saturated rings. The maximum Gasteiger partial charge on any atom is 0.397 e. The highest BCUT2D eigenvalue weighted by Gasteiger charge is 2.52. The number of anilines is 1. The van der Waals surface area contributed by atoms with Crippen LogP contribution in [0.25, 0.3) is 0 Å². The first-order valence-electron chi connectivity index (χ1n) is 8.53. The van der Waals surface area contributed by atoms with E-state index in [0.717, 1.165) is 11.3 Å². The van der Waals surface area contributed by atoms with E-state index < -0.39 is 23.9 Å². The van der Waals surface area contributed by atoms with Crippen molar-refractivity contribution in [3.05, 3.63) is 29.8 Å². The molecule has 26 heavy (non-hydrogen) atoms. The third-order valence-corrected chi connectivity index (χ3v) is 5.21. The maximum atomic E-state index is 13.1. The number of ether oxygens (including phenoxy) is 1. The number of amides is 2. The third-order valence-electron chi connectivity index (χ3n) is 5.21. The summed E-state index contributed by atoms with van der Waals surface area (Å²) in [5, 5.41) is 0. The molecule has 0 saturated carbocycles. The molecule has 3 rings (SSSR count). The second-order valence-corrected chi connectivity index (χ2v) is 6.72. The number of carbonyl (C=O) groups excluding carboxylic acids is 2. The number of carbonyl (C=O) groups is 2. The van der Waals surface area contributed by atoms with Gasteiger partial charge in [0.25, 0.3) is 0 Å². The van der Waals surface area contributed by atoms with Crippen LogP contribution in [-0.2, 0) is 19.7 Å². The van der Waals surface area contributed by atoms with Crippen molar-refractivity contribution >= 4 is 17.5 Å². The lowest BCUT2D eigenvalue weighted by Gasteiger charge is -2.38. The predicted octanol–water partition coefficient (Wildman–Crippen LogP) is 2.49. The molecule has 0 atom stereocenters. The van der Waals surface area contributed by atoms with Crippen LogP contribution in [-0.4, -0.2) is 56.2 Å². The molecule has 1 aromatic rings. The molecule has 0 aliphatic carbocycles. The summed E-state index contributed by atoms with van der Waals surface area (Å²) in [6.45, 7) is 1.11. The summed E-state index contributed by atoms with van der Waals surface area (Å²) in [7, 11) is 1.56. The summed E-state index contributed by atoms with van der Waals surface area (Å²) >= 11 is 0. The monoisotopic (exact) mass is 370 g/mol. The minimum Gasteiger partial charge on any atom is -0.383 e. The summed E-state index contributed by atoms with van der Waals surface area (Å²) in [6.07, 6.45) is -5.31. The zero-order valence-electron chi connectivity index (χ0n) is 14.5. The van der Waals surface area contributed by atoms with Gasteiger partial charge in [0.05, 0.1) is 12.0 Å². The van der Waals surface area contributed by atoms with Crippen molar-refractivity contribution in [1.82, 2.24) is 4.90 Å². The molecule has 0 aromatic heterocycles. The van der Waals surface area contributed by atoms with Crippen LogP contribution in [0, 0.1) is 0 Å². The van der Waals surface area contributed by atoms with E-state index in [1.807, 2.05) is 24.3 Å². The summed E-state index contributed by atoms with van der Waals surface area (Å²) in [4.78, 5) is 27.9. The number of halogens is 3. The minimum absolute atomic E-state index is 0.0568. The van der Waals surface area contributed by atoms with Crippen molar-refractivity contribution in [2.75, 3.05) is 38.3 Å². The van der Waals surface area contributed by atoms with Crippen LogP contribution in [0.1, 0.15) is 24.8 Å². The Balaban J connectivity index is 1.79. The Morgan fingerprint density at radius 2 is 1.88 bits per heavy atom. The molecular weight excluding hydrogens is 349 g/mol. The molecule has 8 heteroatoms. The molecule has 2 aliphatic rings. The summed E-state index contributed by atoms with van der Waals surface area (Å²) in [5.74, 6) is -0.985. The number of piperidine rings is 1. The number of rotatable bonds is 4. The number of likely N-dealkylation sites (tertiary alicyclic amines) is 1. The van der Waals surface area contributed by atoms with E-state index >= 15 is 0 Å². The highest BCUT2D eigenvalue weighted by atomic mass is 19.4. The number of hydrogen-bond acceptors (Lipinski definition) is 3. The van der Waals surface area contributed by atoms with E-state index in [9.17, 15) is 22.8 Å². The van der Waals surface area contributed by atoms with Gasteiger partial charge < -0.3 is 14.5 Å². The molecule has 2 aliphatic heterocycles. The van der Waals surface area contributed by atoms with E-state index in [4.69, 9.17) is 4.74 Å². The normalized spacial score (nSPS) is 19.2. The van der Waals surface area contributed by atoms with E-state index in [1.165, 1.54) is 4.90 Å². The quantitative estimate of drug-likeness (QED) is 0.818. The number of methoxy groups -OCH3 is 1. The van der Waals surface area contributed by atoms with Gasteiger partial charge in [0.1, 0.15) is 6.42 Å². The summed E-state index contributed by atoms with van der Waals surface area (Å²) < 4.78 is 42.5. The zero-order valence-corrected chi connectivity index (χ0v) is 14.5. The number of hydrogen-bond donors (Lipinski definition) is 0. The average Bonchev–Trinajstić information content (AvgIpc) is 2.81. The predicted molar refractivity (Wildman–Crippen MR) is 88.8 cm³/mol. The van der Waals surface area contributed by atoms with Crippen LogP contribution in [0.15, 0.2) is 24.3 Å². The van der Waals surface area contributed by atoms with Crippen molar-refractivity contribution in [1.29, 1.82) is 0 Å². The Hall–Kier alpha value is -2.09. The smallest absolute Gasteiger partial charge is 0.383 e. The van der Waals surface area contributed by atoms with Gasteiger partial charge in [-0.1, -0.05) is 18.2 Å². The van der Waals surface area contributed by atoms with E-state index in [1.54, 1.807) is 12.0 Å². The molecule has 2 heterocycles. The molecule has 142 valence electrons. The van der Waals surface area contributed by atoms with Crippen LogP contribution >= 0.6 is 0 Å². The topological polar surface area (TPSA) is 49.9 Å². The Labute approximate surface area is 149 Å². The first-order valence-corrected chi connectivity index (χ1v) is 8.53. The number of nitrogens with zero attached hydrogens (tertiary/aromatic N) is 2. The van der Waals surface area contributed by atoms with Gasteiger partial charge in [0.2, 0.25) is 11.8 Å². The Morgan fingerprint density at radius 3 is 2.50 bits per heavy atom. The highest BCUT2D eigenvalue weighted by molar-refractivity contribution is 6.08. The van der Waals surface area contributed by atoms with Crippen molar-refractivity contribution in [3.8, 4) is 0 Å². The minimum atomic E-state index is -4.51. The molecule has 0 radical (unpaired) electrons. The average molecular weight is 370 g/mol. The van der Waals surface area contributed by atoms with Gasteiger partial charge in [-0.25, -0.2) is 0 Å². The standard InChI is InChI=1S/C18H21F3N2O3/c1-26-11-10-23-14-5-3-2-4-13(14)17(16(23)25)6-8-22(9-7-17)15(24)12-18(19,20)21/h2-5H,6-12H2,1H3. The molecule has 0 N–H and O–H groups in total. The van der Waals surface area contributed by atoms with Gasteiger partial charge in [-0.15, -0.1) is 0 Å². The second-order valence-electron chi connectivity index (χ2n) is 6.72. The van der Waals surface area contributed by atoms with Gasteiger partial charge in [0.15, 0.2) is 0 Å². The molecule has 1 spiro atoms. The van der Waals surface area contributed by atoms with Crippen LogP contribution < -0.4 is 4.90 Å². The van der Waals surface area contributed by atoms with Gasteiger partial charge in [-0.2, -0.15) is 13.2 Å². The second kappa shape index (κ2) is 6.90. The molecule has 1 saturated heterocycles. The Morgan fingerprint density at radius 1 is 1.23 bits per heavy atom. The fourth-order valence-corrected chi connectivity index (χ4v) is 3.91. The van der Waals surface area contributed by atoms with Crippen LogP contribution in [0.4, 0.5) is 18.9 Å². The lowest BCUT2D eigenvalue weighted by atomic mass is 9.73. The van der Waals surface area contributed by atoms with Crippen LogP contribution in [0.3, 0.4) is 0 Å². The molecule has 5 nitrogen and oxygen atoms in total. The number of fused-ring (bicyclic) bond motifs is 2. The third kappa shape index (κ3) is 3.30. The van der Waals surface area contributed by atoms with Gasteiger partial charge in [0, 0.05) is 32.4 Å². The first-order chi connectivity index (χ1) is 12.3. The van der Waals surface area contributed by atoms with E-state index in [0.29, 0.717) is 26.0 Å². The fourth-order valence-electron chi connectivity index (χ4n) is 3.91. The Bertz CT molecular complexity index is 697. The van der Waals surface area contributed by atoms with E-state index in [2.05, 4.69) is 0 Å². The van der Waals surface area contributed by atoms with Gasteiger partial charge in [-0.05, 0) is 24.5 Å². The van der Waals surface area contributed by atoms with E-state index in [-0.39, 0.29) is 19.0 Å². The summed E-state index contributed by atoms with van der Waals surface area (Å²) in [5.41, 5.74) is 0.952. The summed E-state index contributed by atoms with van der Waals surface area (Å²) in [6, 6.07) is 7.48. The lowest BCUT2D eigenvalue weighted by Crippen LogP contribution is -2.51. The van der Waals surface area contributed by atoms with Crippen molar-refractivity contribution in [2.24, 2.45) is 0 Å². The molecule has 1 aromatic carbocycles. The lowest BCUT2D eigenvalue weighted by molar-refractivity contribution is -0.163. The van der Waals surface area contributed by atoms with Crippen molar-refractivity contribution < 1.29 is 27.5 Å². The maximum absolute atomic E-state index is 13.1.